The number of hydrogen-bond donors (Lipinski definition) is 2. The Balaban J connectivity index is 2.21. The molecule has 6 heteroatoms. The van der Waals surface area contributed by atoms with Crippen LogP contribution in [0.5, 0.6) is 0 Å². The molecule has 0 spiro atoms. The number of ether oxygens (including phenoxy) is 1. The second-order valence-electron chi connectivity index (χ2n) is 5.21. The summed E-state index contributed by atoms with van der Waals surface area (Å²) in [4.78, 5) is 21.1. The van der Waals surface area contributed by atoms with Gasteiger partial charge in [-0.25, -0.2) is 9.97 Å². The quantitative estimate of drug-likeness (QED) is 0.854. The lowest BCUT2D eigenvalue weighted by molar-refractivity contribution is 0.0925. The van der Waals surface area contributed by atoms with Crippen LogP contribution < -0.4 is 10.6 Å². The van der Waals surface area contributed by atoms with Gasteiger partial charge in [0.25, 0.3) is 5.91 Å². The van der Waals surface area contributed by atoms with Crippen LogP contribution in [0.25, 0.3) is 0 Å². The number of hydrogen-bond acceptors (Lipinski definition) is 5. The van der Waals surface area contributed by atoms with Gasteiger partial charge in [-0.15, -0.1) is 0 Å². The van der Waals surface area contributed by atoms with Crippen molar-refractivity contribution in [3.63, 3.8) is 0 Å². The van der Waals surface area contributed by atoms with E-state index in [1.165, 1.54) is 0 Å². The lowest BCUT2D eigenvalue weighted by Crippen LogP contribution is -2.36. The van der Waals surface area contributed by atoms with Crippen molar-refractivity contribution in [1.82, 2.24) is 15.3 Å². The lowest BCUT2D eigenvalue weighted by atomic mass is 10.2. The van der Waals surface area contributed by atoms with Crippen molar-refractivity contribution < 1.29 is 9.53 Å². The number of rotatable bonds is 5. The van der Waals surface area contributed by atoms with Crippen LogP contribution in [-0.2, 0) is 4.74 Å². The first-order valence-electron chi connectivity index (χ1n) is 7.11. The van der Waals surface area contributed by atoms with Gasteiger partial charge in [0.1, 0.15) is 5.82 Å². The Labute approximate surface area is 119 Å². The molecule has 1 saturated heterocycles. The average Bonchev–Trinajstić information content (AvgIpc) is 2.92. The Morgan fingerprint density at radius 2 is 2.35 bits per heavy atom. The molecule has 1 fully saturated rings. The molecule has 2 heterocycles. The number of nitrogens with zero attached hydrogens (tertiary/aromatic N) is 2. The van der Waals surface area contributed by atoms with E-state index >= 15 is 0 Å². The van der Waals surface area contributed by atoms with Crippen LogP contribution in [0.2, 0.25) is 0 Å². The molecular formula is C14H22N4O2. The van der Waals surface area contributed by atoms with Crippen LogP contribution in [0, 0.1) is 0 Å². The molecule has 0 aromatic carbocycles. The van der Waals surface area contributed by atoms with Crippen molar-refractivity contribution in [2.24, 2.45) is 0 Å². The van der Waals surface area contributed by atoms with Crippen LogP contribution in [0.15, 0.2) is 6.20 Å². The molecule has 2 N–H and O–H groups in total. The third-order valence-corrected chi connectivity index (χ3v) is 3.17. The van der Waals surface area contributed by atoms with Crippen molar-refractivity contribution in [3.8, 4) is 0 Å². The van der Waals surface area contributed by atoms with E-state index in [0.29, 0.717) is 30.4 Å². The van der Waals surface area contributed by atoms with E-state index in [1.54, 1.807) is 6.20 Å². The van der Waals surface area contributed by atoms with Crippen LogP contribution in [-0.4, -0.2) is 41.7 Å². The molecule has 2 rings (SSSR count). The second-order valence-corrected chi connectivity index (χ2v) is 5.21. The van der Waals surface area contributed by atoms with Crippen LogP contribution in [0.3, 0.4) is 0 Å². The summed E-state index contributed by atoms with van der Waals surface area (Å²) in [6.07, 6.45) is 2.54. The number of nitrogens with one attached hydrogen (secondary N) is 2. The second kappa shape index (κ2) is 6.65. The van der Waals surface area contributed by atoms with Gasteiger partial charge < -0.3 is 15.4 Å². The smallest absolute Gasteiger partial charge is 0.272 e. The molecule has 0 aliphatic carbocycles. The van der Waals surface area contributed by atoms with Gasteiger partial charge in [-0.1, -0.05) is 13.8 Å². The lowest BCUT2D eigenvalue weighted by Gasteiger charge is -2.14. The zero-order valence-corrected chi connectivity index (χ0v) is 12.3. The topological polar surface area (TPSA) is 76.1 Å². The molecule has 110 valence electrons. The first-order valence-corrected chi connectivity index (χ1v) is 7.11. The fourth-order valence-corrected chi connectivity index (χ4v) is 2.07. The average molecular weight is 278 g/mol. The zero-order valence-electron chi connectivity index (χ0n) is 12.3. The fraction of sp³-hybridized carbons (Fsp3) is 0.643. The third kappa shape index (κ3) is 3.45. The highest BCUT2D eigenvalue weighted by atomic mass is 16.5. The maximum atomic E-state index is 12.4. The summed E-state index contributed by atoms with van der Waals surface area (Å²) >= 11 is 0. The predicted molar refractivity (Wildman–Crippen MR) is 77.0 cm³/mol. The van der Waals surface area contributed by atoms with Gasteiger partial charge in [0, 0.05) is 19.1 Å². The van der Waals surface area contributed by atoms with E-state index in [0.717, 1.165) is 13.0 Å². The van der Waals surface area contributed by atoms with Gasteiger partial charge in [-0.05, 0) is 13.3 Å². The highest BCUT2D eigenvalue weighted by molar-refractivity contribution is 5.97. The van der Waals surface area contributed by atoms with Gasteiger partial charge in [0.2, 0.25) is 0 Å². The predicted octanol–water partition coefficient (Wildman–Crippen LogP) is 1.55. The van der Waals surface area contributed by atoms with E-state index in [1.807, 2.05) is 20.8 Å². The summed E-state index contributed by atoms with van der Waals surface area (Å²) in [6, 6.07) is 0.0782. The van der Waals surface area contributed by atoms with Gasteiger partial charge >= 0.3 is 0 Å². The Morgan fingerprint density at radius 3 is 2.95 bits per heavy atom. The highest BCUT2D eigenvalue weighted by Crippen LogP contribution is 2.17. The molecule has 20 heavy (non-hydrogen) atoms. The summed E-state index contributed by atoms with van der Waals surface area (Å²) < 4.78 is 5.27. The van der Waals surface area contributed by atoms with Gasteiger partial charge in [0.15, 0.2) is 5.69 Å². The minimum atomic E-state index is -0.166. The van der Waals surface area contributed by atoms with Crippen molar-refractivity contribution in [2.45, 2.75) is 39.2 Å². The van der Waals surface area contributed by atoms with E-state index < -0.39 is 0 Å². The minimum absolute atomic E-state index is 0.0782. The molecule has 0 radical (unpaired) electrons. The van der Waals surface area contributed by atoms with Gasteiger partial charge in [0.05, 0.1) is 24.5 Å². The Hall–Kier alpha value is -1.69. The number of aromatic nitrogens is 2. The van der Waals surface area contributed by atoms with Crippen molar-refractivity contribution in [3.05, 3.63) is 17.7 Å². The number of carbonyl (C=O) groups excluding carboxylic acids is 1. The third-order valence-electron chi connectivity index (χ3n) is 3.17. The number of amides is 1. The maximum Gasteiger partial charge on any atom is 0.272 e. The standard InChI is InChI=1S/C14H22N4O2/c1-4-15-11-7-16-13(9(2)3)18-12(11)14(19)17-10-5-6-20-8-10/h7,9-10,15H,4-6,8H2,1-3H3,(H,17,19). The molecule has 1 aliphatic heterocycles. The van der Waals surface area contributed by atoms with Crippen LogP contribution >= 0.6 is 0 Å². The Morgan fingerprint density at radius 1 is 1.55 bits per heavy atom. The maximum absolute atomic E-state index is 12.4. The molecule has 1 aromatic rings. The summed E-state index contributed by atoms with van der Waals surface area (Å²) in [5.41, 5.74) is 1.09. The van der Waals surface area contributed by atoms with E-state index in [-0.39, 0.29) is 17.9 Å². The van der Waals surface area contributed by atoms with Crippen LogP contribution in [0.4, 0.5) is 5.69 Å². The van der Waals surface area contributed by atoms with E-state index in [9.17, 15) is 4.79 Å². The van der Waals surface area contributed by atoms with Crippen molar-refractivity contribution in [2.75, 3.05) is 25.1 Å². The van der Waals surface area contributed by atoms with Crippen molar-refractivity contribution >= 4 is 11.6 Å². The SMILES string of the molecule is CCNc1cnc(C(C)C)nc1C(=O)NC1CCOC1. The molecule has 1 atom stereocenters. The highest BCUT2D eigenvalue weighted by Gasteiger charge is 2.22. The zero-order chi connectivity index (χ0) is 14.5. The largest absolute Gasteiger partial charge is 0.382 e. The molecule has 1 aliphatic rings. The first-order chi connectivity index (χ1) is 9.61. The molecule has 0 saturated carbocycles. The van der Waals surface area contributed by atoms with E-state index in [4.69, 9.17) is 4.74 Å². The molecule has 1 unspecified atom stereocenters. The minimum Gasteiger partial charge on any atom is -0.382 e. The molecular weight excluding hydrogens is 256 g/mol. The number of anilines is 1. The molecule has 1 amide bonds. The fourth-order valence-electron chi connectivity index (χ4n) is 2.07. The monoisotopic (exact) mass is 278 g/mol. The summed E-state index contributed by atoms with van der Waals surface area (Å²) in [6.45, 7) is 7.99. The number of carbonyl (C=O) groups is 1. The Bertz CT molecular complexity index is 470. The van der Waals surface area contributed by atoms with Crippen LogP contribution in [0.1, 0.15) is 49.4 Å². The van der Waals surface area contributed by atoms with Gasteiger partial charge in [-0.3, -0.25) is 4.79 Å². The summed E-state index contributed by atoms with van der Waals surface area (Å²) in [5.74, 6) is 0.701. The summed E-state index contributed by atoms with van der Waals surface area (Å²) in [5, 5.41) is 6.10. The summed E-state index contributed by atoms with van der Waals surface area (Å²) in [7, 11) is 0. The Kier molecular flexibility index (Phi) is 4.89. The first kappa shape index (κ1) is 14.7. The van der Waals surface area contributed by atoms with E-state index in [2.05, 4.69) is 20.6 Å². The normalized spacial score (nSPS) is 18.3. The molecule has 0 bridgehead atoms. The molecule has 6 nitrogen and oxygen atoms in total. The van der Waals surface area contributed by atoms with Gasteiger partial charge in [-0.2, -0.15) is 0 Å². The molecule has 1 aromatic heterocycles. The van der Waals surface area contributed by atoms with Crippen molar-refractivity contribution in [1.29, 1.82) is 0 Å².